The largest absolute Gasteiger partial charge is 0.453 e. The second-order valence-electron chi connectivity index (χ2n) is 7.92. The first kappa shape index (κ1) is 24.2. The van der Waals surface area contributed by atoms with Gasteiger partial charge < -0.3 is 19.9 Å². The number of benzene rings is 2. The normalized spacial score (nSPS) is 14.0. The number of amides is 3. The molecule has 1 aliphatic rings. The first-order valence-corrected chi connectivity index (χ1v) is 11.5. The van der Waals surface area contributed by atoms with E-state index >= 15 is 0 Å². The van der Waals surface area contributed by atoms with Gasteiger partial charge in [0, 0.05) is 49.2 Å². The fraction of sp³-hybridized carbons (Fsp3) is 0.192. The van der Waals surface area contributed by atoms with Gasteiger partial charge in [0.05, 0.1) is 6.20 Å². The first-order chi connectivity index (χ1) is 17.0. The zero-order valence-corrected chi connectivity index (χ0v) is 19.6. The molecule has 1 aliphatic heterocycles. The number of pyridine rings is 1. The predicted octanol–water partition coefficient (Wildman–Crippen LogP) is 5.45. The molecule has 35 heavy (non-hydrogen) atoms. The lowest BCUT2D eigenvalue weighted by Gasteiger charge is -2.22. The number of urea groups is 1. The van der Waals surface area contributed by atoms with Crippen molar-refractivity contribution in [3.05, 3.63) is 89.5 Å². The molecule has 1 saturated heterocycles. The summed E-state index contributed by atoms with van der Waals surface area (Å²) in [4.78, 5) is 32.6. The summed E-state index contributed by atoms with van der Waals surface area (Å²) in [6.07, 6.45) is 6.74. The van der Waals surface area contributed by atoms with Gasteiger partial charge in [-0.3, -0.25) is 9.78 Å². The van der Waals surface area contributed by atoms with E-state index < -0.39 is 5.82 Å². The quantitative estimate of drug-likeness (QED) is 0.479. The van der Waals surface area contributed by atoms with Crippen molar-refractivity contribution in [1.82, 2.24) is 14.8 Å². The van der Waals surface area contributed by atoms with Gasteiger partial charge in [-0.1, -0.05) is 17.7 Å². The average Bonchev–Trinajstić information content (AvgIpc) is 3.13. The summed E-state index contributed by atoms with van der Waals surface area (Å²) in [6, 6.07) is 14.5. The smallest absolute Gasteiger partial charge is 0.321 e. The van der Waals surface area contributed by atoms with Crippen LogP contribution >= 0.6 is 11.6 Å². The minimum atomic E-state index is -0.541. The number of nitrogens with one attached hydrogen (secondary N) is 1. The number of halogens is 2. The molecular formula is C26H24ClFN4O3. The molecule has 0 unspecified atom stereocenters. The number of hydrogen-bond donors (Lipinski definition) is 1. The number of carbonyl (C=O) groups is 2. The third-order valence-corrected chi connectivity index (χ3v) is 5.68. The van der Waals surface area contributed by atoms with Crippen molar-refractivity contribution in [2.45, 2.75) is 6.42 Å². The van der Waals surface area contributed by atoms with Gasteiger partial charge in [-0.05, 0) is 66.6 Å². The van der Waals surface area contributed by atoms with E-state index in [4.69, 9.17) is 16.3 Å². The number of ether oxygens (including phenoxy) is 1. The van der Waals surface area contributed by atoms with E-state index in [0.717, 1.165) is 0 Å². The summed E-state index contributed by atoms with van der Waals surface area (Å²) < 4.78 is 19.9. The van der Waals surface area contributed by atoms with Gasteiger partial charge >= 0.3 is 6.03 Å². The van der Waals surface area contributed by atoms with Crippen molar-refractivity contribution in [3.63, 3.8) is 0 Å². The SMILES string of the molecule is O=C(/C=C/c1ccc(Oc2cccnc2)c(F)c1)N1CCCN(C(=O)Nc2ccc(Cl)cc2)CC1. The molecule has 3 aromatic rings. The van der Waals surface area contributed by atoms with E-state index in [1.165, 1.54) is 24.4 Å². The van der Waals surface area contributed by atoms with Gasteiger partial charge in [0.1, 0.15) is 5.75 Å². The maximum Gasteiger partial charge on any atom is 0.321 e. The van der Waals surface area contributed by atoms with E-state index in [1.807, 2.05) is 0 Å². The Bertz CT molecular complexity index is 1200. The molecule has 0 spiro atoms. The lowest BCUT2D eigenvalue weighted by atomic mass is 10.2. The van der Waals surface area contributed by atoms with Crippen LogP contribution in [0.2, 0.25) is 5.02 Å². The molecule has 0 atom stereocenters. The lowest BCUT2D eigenvalue weighted by Crippen LogP contribution is -2.39. The third kappa shape index (κ3) is 6.80. The van der Waals surface area contributed by atoms with Crippen molar-refractivity contribution >= 4 is 35.3 Å². The fourth-order valence-corrected chi connectivity index (χ4v) is 3.71. The van der Waals surface area contributed by atoms with E-state index in [2.05, 4.69) is 10.3 Å². The van der Waals surface area contributed by atoms with Gasteiger partial charge in [-0.2, -0.15) is 0 Å². The van der Waals surface area contributed by atoms with Crippen LogP contribution in [0.5, 0.6) is 11.5 Å². The Morgan fingerprint density at radius 3 is 2.54 bits per heavy atom. The molecule has 2 aromatic carbocycles. The molecule has 1 aromatic heterocycles. The molecule has 1 N–H and O–H groups in total. The van der Waals surface area contributed by atoms with E-state index in [9.17, 15) is 14.0 Å². The van der Waals surface area contributed by atoms with Crippen LogP contribution in [0.15, 0.2) is 73.1 Å². The molecule has 3 amide bonds. The van der Waals surface area contributed by atoms with Crippen LogP contribution in [0.1, 0.15) is 12.0 Å². The number of carbonyl (C=O) groups excluding carboxylic acids is 2. The number of hydrogen-bond acceptors (Lipinski definition) is 4. The Balaban J connectivity index is 1.31. The maximum absolute atomic E-state index is 14.4. The summed E-state index contributed by atoms with van der Waals surface area (Å²) in [6.45, 7) is 1.88. The highest BCUT2D eigenvalue weighted by Gasteiger charge is 2.21. The second kappa shape index (κ2) is 11.5. The van der Waals surface area contributed by atoms with E-state index in [-0.39, 0.29) is 17.7 Å². The van der Waals surface area contributed by atoms with Crippen molar-refractivity contribution in [2.75, 3.05) is 31.5 Å². The topological polar surface area (TPSA) is 74.8 Å². The van der Waals surface area contributed by atoms with E-state index in [0.29, 0.717) is 54.6 Å². The number of aromatic nitrogens is 1. The van der Waals surface area contributed by atoms with Crippen LogP contribution in [0.25, 0.3) is 6.08 Å². The second-order valence-corrected chi connectivity index (χ2v) is 8.35. The lowest BCUT2D eigenvalue weighted by molar-refractivity contribution is -0.125. The fourth-order valence-electron chi connectivity index (χ4n) is 3.59. The van der Waals surface area contributed by atoms with Crippen molar-refractivity contribution in [1.29, 1.82) is 0 Å². The van der Waals surface area contributed by atoms with Crippen molar-refractivity contribution in [2.24, 2.45) is 0 Å². The van der Waals surface area contributed by atoms with Crippen LogP contribution in [0, 0.1) is 5.82 Å². The summed E-state index contributed by atoms with van der Waals surface area (Å²) >= 11 is 5.88. The van der Waals surface area contributed by atoms with Gasteiger partial charge in [-0.15, -0.1) is 0 Å². The highest BCUT2D eigenvalue weighted by atomic mass is 35.5. The maximum atomic E-state index is 14.4. The molecule has 9 heteroatoms. The molecule has 0 saturated carbocycles. The molecule has 7 nitrogen and oxygen atoms in total. The van der Waals surface area contributed by atoms with Crippen molar-refractivity contribution in [3.8, 4) is 11.5 Å². The average molecular weight is 495 g/mol. The Morgan fingerprint density at radius 1 is 1.03 bits per heavy atom. The minimum Gasteiger partial charge on any atom is -0.453 e. The first-order valence-electron chi connectivity index (χ1n) is 11.1. The summed E-state index contributed by atoms with van der Waals surface area (Å²) in [5, 5.41) is 3.44. The summed E-state index contributed by atoms with van der Waals surface area (Å²) in [5.74, 6) is -0.227. The van der Waals surface area contributed by atoms with Crippen molar-refractivity contribution < 1.29 is 18.7 Å². The van der Waals surface area contributed by atoms with Crippen LogP contribution in [-0.2, 0) is 4.79 Å². The Kier molecular flexibility index (Phi) is 7.95. The third-order valence-electron chi connectivity index (χ3n) is 5.43. The highest BCUT2D eigenvalue weighted by molar-refractivity contribution is 6.30. The zero-order chi connectivity index (χ0) is 24.6. The number of nitrogens with zero attached hydrogens (tertiary/aromatic N) is 3. The molecule has 0 aliphatic carbocycles. The van der Waals surface area contributed by atoms with Crippen LogP contribution in [-0.4, -0.2) is 52.9 Å². The van der Waals surface area contributed by atoms with Gasteiger partial charge in [0.15, 0.2) is 11.6 Å². The molecule has 0 bridgehead atoms. The molecule has 1 fully saturated rings. The molecule has 180 valence electrons. The zero-order valence-electron chi connectivity index (χ0n) is 18.9. The standard InChI is InChI=1S/C26H24ClFN4O3/c27-20-6-8-21(9-7-20)30-26(34)32-14-2-13-31(15-16-32)25(33)11-5-19-4-10-24(23(28)17-19)35-22-3-1-12-29-18-22/h1,3-12,17-18H,2,13-16H2,(H,30,34)/b11-5+. The summed E-state index contributed by atoms with van der Waals surface area (Å²) in [7, 11) is 0. The molecule has 2 heterocycles. The van der Waals surface area contributed by atoms with Gasteiger partial charge in [0.2, 0.25) is 5.91 Å². The Labute approximate surface area is 207 Å². The van der Waals surface area contributed by atoms with Gasteiger partial charge in [0.25, 0.3) is 0 Å². The Morgan fingerprint density at radius 2 is 1.80 bits per heavy atom. The van der Waals surface area contributed by atoms with Crippen LogP contribution in [0.4, 0.5) is 14.9 Å². The monoisotopic (exact) mass is 494 g/mol. The molecule has 4 rings (SSSR count). The van der Waals surface area contributed by atoms with Gasteiger partial charge in [-0.25, -0.2) is 9.18 Å². The number of anilines is 1. The van der Waals surface area contributed by atoms with E-state index in [1.54, 1.807) is 64.5 Å². The number of rotatable bonds is 5. The highest BCUT2D eigenvalue weighted by Crippen LogP contribution is 2.25. The molecule has 0 radical (unpaired) electrons. The molecular weight excluding hydrogens is 471 g/mol. The van der Waals surface area contributed by atoms with Crippen LogP contribution < -0.4 is 10.1 Å². The summed E-state index contributed by atoms with van der Waals surface area (Å²) in [5.41, 5.74) is 1.19. The predicted molar refractivity (Wildman–Crippen MR) is 133 cm³/mol. The Hall–Kier alpha value is -3.91. The van der Waals surface area contributed by atoms with Crippen LogP contribution in [0.3, 0.4) is 0 Å². The minimum absolute atomic E-state index is 0.0750.